The van der Waals surface area contributed by atoms with Gasteiger partial charge in [-0.15, -0.1) is 0 Å². The molecule has 1 fully saturated rings. The van der Waals surface area contributed by atoms with Gasteiger partial charge in [-0.3, -0.25) is 9.79 Å². The van der Waals surface area contributed by atoms with Crippen LogP contribution in [-0.4, -0.2) is 55.0 Å². The molecule has 162 valence electrons. The summed E-state index contributed by atoms with van der Waals surface area (Å²) in [4.78, 5) is 22.4. The molecular weight excluding hydrogens is 380 g/mol. The van der Waals surface area contributed by atoms with Gasteiger partial charge in [0, 0.05) is 25.1 Å². The Hall–Kier alpha value is -2.87. The lowest BCUT2D eigenvalue weighted by molar-refractivity contribution is -0.123. The molecule has 1 aromatic heterocycles. The van der Waals surface area contributed by atoms with E-state index in [-0.39, 0.29) is 11.8 Å². The Morgan fingerprint density at radius 1 is 1.23 bits per heavy atom. The van der Waals surface area contributed by atoms with Crippen molar-refractivity contribution in [2.24, 2.45) is 16.6 Å². The highest BCUT2D eigenvalue weighted by Gasteiger charge is 2.22. The van der Waals surface area contributed by atoms with E-state index in [1.807, 2.05) is 30.3 Å². The van der Waals surface area contributed by atoms with Gasteiger partial charge < -0.3 is 25.7 Å². The normalized spacial score (nSPS) is 15.8. The maximum atomic E-state index is 11.2. The predicted molar refractivity (Wildman–Crippen MR) is 118 cm³/mol. The first kappa shape index (κ1) is 21.8. The number of nitrogens with one attached hydrogen (secondary N) is 2. The van der Waals surface area contributed by atoms with Gasteiger partial charge in [-0.2, -0.15) is 0 Å². The molecule has 8 heteroatoms. The first-order valence-corrected chi connectivity index (χ1v) is 10.6. The molecule has 0 spiro atoms. The largest absolute Gasteiger partial charge is 0.444 e. The molecule has 1 saturated heterocycles. The highest BCUT2D eigenvalue weighted by molar-refractivity contribution is 5.79. The van der Waals surface area contributed by atoms with Crippen LogP contribution in [0.3, 0.4) is 0 Å². The zero-order chi connectivity index (χ0) is 21.2. The number of likely N-dealkylation sites (tertiary alicyclic amines) is 1. The molecule has 4 N–H and O–H groups in total. The Morgan fingerprint density at radius 3 is 2.70 bits per heavy atom. The van der Waals surface area contributed by atoms with Gasteiger partial charge in [0.05, 0.1) is 12.2 Å². The molecular formula is C22H32N6O2. The first-order valence-electron chi connectivity index (χ1n) is 10.6. The third-order valence-corrected chi connectivity index (χ3v) is 5.42. The zero-order valence-electron chi connectivity index (χ0n) is 17.6. The average Bonchev–Trinajstić information content (AvgIpc) is 3.25. The number of unbranched alkanes of at least 4 members (excludes halogenated alkanes) is 1. The number of hydrogen-bond donors (Lipinski definition) is 3. The molecule has 0 aliphatic carbocycles. The van der Waals surface area contributed by atoms with E-state index in [1.165, 1.54) is 0 Å². The van der Waals surface area contributed by atoms with Crippen LogP contribution in [-0.2, 0) is 11.3 Å². The van der Waals surface area contributed by atoms with E-state index in [0.717, 1.165) is 69.1 Å². The van der Waals surface area contributed by atoms with Crippen molar-refractivity contribution in [1.29, 1.82) is 0 Å². The number of aliphatic imine (C=N–C) groups is 1. The van der Waals surface area contributed by atoms with Crippen LogP contribution in [0.25, 0.3) is 11.5 Å². The second kappa shape index (κ2) is 11.3. The lowest BCUT2D eigenvalue weighted by Crippen LogP contribution is -2.39. The number of rotatable bonds is 9. The Balaban J connectivity index is 1.30. The molecule has 2 heterocycles. The molecule has 0 saturated carbocycles. The van der Waals surface area contributed by atoms with Crippen molar-refractivity contribution in [3.63, 3.8) is 0 Å². The SMILES string of the molecule is CN=C(NCCCCN1CCC(C(N)=O)CC1)NCc1coc(-c2ccccc2)n1. The van der Waals surface area contributed by atoms with Crippen LogP contribution in [0.5, 0.6) is 0 Å². The van der Waals surface area contributed by atoms with E-state index in [1.54, 1.807) is 13.3 Å². The van der Waals surface area contributed by atoms with Gasteiger partial charge in [0.15, 0.2) is 5.96 Å². The lowest BCUT2D eigenvalue weighted by Gasteiger charge is -2.30. The average molecular weight is 413 g/mol. The minimum Gasteiger partial charge on any atom is -0.444 e. The van der Waals surface area contributed by atoms with E-state index in [4.69, 9.17) is 10.2 Å². The number of carbonyl (C=O) groups excluding carboxylic acids is 1. The van der Waals surface area contributed by atoms with Crippen molar-refractivity contribution in [2.75, 3.05) is 33.2 Å². The van der Waals surface area contributed by atoms with Crippen LogP contribution in [0.1, 0.15) is 31.4 Å². The van der Waals surface area contributed by atoms with Crippen LogP contribution in [0, 0.1) is 5.92 Å². The van der Waals surface area contributed by atoms with Crippen molar-refractivity contribution in [3.8, 4) is 11.5 Å². The number of hydrogen-bond acceptors (Lipinski definition) is 5. The number of primary amides is 1. The van der Waals surface area contributed by atoms with Crippen molar-refractivity contribution in [2.45, 2.75) is 32.2 Å². The topological polar surface area (TPSA) is 109 Å². The van der Waals surface area contributed by atoms with Gasteiger partial charge in [-0.1, -0.05) is 18.2 Å². The van der Waals surface area contributed by atoms with Gasteiger partial charge in [-0.25, -0.2) is 4.98 Å². The molecule has 1 aromatic carbocycles. The third kappa shape index (κ3) is 6.59. The van der Waals surface area contributed by atoms with E-state index in [0.29, 0.717) is 12.4 Å². The summed E-state index contributed by atoms with van der Waals surface area (Å²) in [5, 5.41) is 6.61. The van der Waals surface area contributed by atoms with Crippen LogP contribution < -0.4 is 16.4 Å². The molecule has 0 bridgehead atoms. The van der Waals surface area contributed by atoms with Crippen molar-refractivity contribution in [3.05, 3.63) is 42.3 Å². The summed E-state index contributed by atoms with van der Waals surface area (Å²) in [6, 6.07) is 9.85. The van der Waals surface area contributed by atoms with E-state index in [2.05, 4.69) is 25.5 Å². The van der Waals surface area contributed by atoms with Gasteiger partial charge >= 0.3 is 0 Å². The summed E-state index contributed by atoms with van der Waals surface area (Å²) in [6.07, 6.45) is 5.61. The van der Waals surface area contributed by atoms with Crippen LogP contribution in [0.2, 0.25) is 0 Å². The Morgan fingerprint density at radius 2 is 2.00 bits per heavy atom. The molecule has 0 unspecified atom stereocenters. The predicted octanol–water partition coefficient (Wildman–Crippen LogP) is 1.98. The summed E-state index contributed by atoms with van der Waals surface area (Å²) in [7, 11) is 1.76. The van der Waals surface area contributed by atoms with E-state index < -0.39 is 0 Å². The zero-order valence-corrected chi connectivity index (χ0v) is 17.6. The number of piperidine rings is 1. The molecule has 1 aliphatic heterocycles. The summed E-state index contributed by atoms with van der Waals surface area (Å²) < 4.78 is 5.57. The fraction of sp³-hybridized carbons (Fsp3) is 0.500. The maximum absolute atomic E-state index is 11.2. The molecule has 0 radical (unpaired) electrons. The lowest BCUT2D eigenvalue weighted by atomic mass is 9.96. The van der Waals surface area contributed by atoms with Crippen LogP contribution >= 0.6 is 0 Å². The maximum Gasteiger partial charge on any atom is 0.226 e. The number of aromatic nitrogens is 1. The Kier molecular flexibility index (Phi) is 8.26. The highest BCUT2D eigenvalue weighted by Crippen LogP contribution is 2.18. The number of carbonyl (C=O) groups is 1. The quantitative estimate of drug-likeness (QED) is 0.330. The van der Waals surface area contributed by atoms with Gasteiger partial charge in [0.1, 0.15) is 6.26 Å². The highest BCUT2D eigenvalue weighted by atomic mass is 16.3. The first-order chi connectivity index (χ1) is 14.7. The molecule has 0 atom stereocenters. The number of nitrogens with zero attached hydrogens (tertiary/aromatic N) is 3. The summed E-state index contributed by atoms with van der Waals surface area (Å²) >= 11 is 0. The number of nitrogens with two attached hydrogens (primary N) is 1. The molecule has 2 aromatic rings. The summed E-state index contributed by atoms with van der Waals surface area (Å²) in [6.45, 7) is 4.39. The van der Waals surface area contributed by atoms with Gasteiger partial charge in [0.2, 0.25) is 11.8 Å². The number of oxazole rings is 1. The molecule has 1 aliphatic rings. The van der Waals surface area contributed by atoms with Gasteiger partial charge in [-0.05, 0) is 57.5 Å². The molecule has 8 nitrogen and oxygen atoms in total. The summed E-state index contributed by atoms with van der Waals surface area (Å²) in [5.74, 6) is 1.28. The summed E-state index contributed by atoms with van der Waals surface area (Å²) in [5.41, 5.74) is 7.18. The number of guanidine groups is 1. The number of benzene rings is 1. The molecule has 3 rings (SSSR count). The van der Waals surface area contributed by atoms with Crippen molar-refractivity contribution < 1.29 is 9.21 Å². The van der Waals surface area contributed by atoms with Crippen molar-refractivity contribution in [1.82, 2.24) is 20.5 Å². The third-order valence-electron chi connectivity index (χ3n) is 5.42. The number of amides is 1. The fourth-order valence-electron chi connectivity index (χ4n) is 3.60. The smallest absolute Gasteiger partial charge is 0.226 e. The fourth-order valence-corrected chi connectivity index (χ4v) is 3.60. The molecule has 30 heavy (non-hydrogen) atoms. The Labute approximate surface area is 177 Å². The molecule has 1 amide bonds. The van der Waals surface area contributed by atoms with Crippen LogP contribution in [0.15, 0.2) is 46.0 Å². The monoisotopic (exact) mass is 412 g/mol. The van der Waals surface area contributed by atoms with E-state index in [9.17, 15) is 4.79 Å². The van der Waals surface area contributed by atoms with Crippen LogP contribution in [0.4, 0.5) is 0 Å². The second-order valence-corrected chi connectivity index (χ2v) is 7.59. The van der Waals surface area contributed by atoms with Crippen molar-refractivity contribution >= 4 is 11.9 Å². The minimum atomic E-state index is -0.153. The Bertz CT molecular complexity index is 812. The van der Waals surface area contributed by atoms with Gasteiger partial charge in [0.25, 0.3) is 0 Å². The standard InChI is InChI=1S/C22H32N6O2/c1-24-22(25-11-5-6-12-28-13-9-17(10-14-28)20(23)29)26-15-19-16-30-21(27-19)18-7-3-2-4-8-18/h2-4,7-8,16-17H,5-6,9-15H2,1H3,(H2,23,29)(H2,24,25,26). The van der Waals surface area contributed by atoms with E-state index >= 15 is 0 Å². The second-order valence-electron chi connectivity index (χ2n) is 7.59. The minimum absolute atomic E-state index is 0.0609.